The summed E-state index contributed by atoms with van der Waals surface area (Å²) < 4.78 is 8.37. The summed E-state index contributed by atoms with van der Waals surface area (Å²) >= 11 is 0. The van der Waals surface area contributed by atoms with Gasteiger partial charge in [-0.1, -0.05) is 53.7 Å². The van der Waals surface area contributed by atoms with E-state index in [0.717, 1.165) is 26.3 Å². The van der Waals surface area contributed by atoms with E-state index in [1.165, 1.54) is 11.4 Å². The molecule has 1 atom stereocenters. The number of para-hydroxylation sites is 2. The molecule has 5 heteroatoms. The van der Waals surface area contributed by atoms with Crippen LogP contribution >= 0.6 is 8.07 Å². The lowest BCUT2D eigenvalue weighted by Crippen LogP contribution is -2.57. The zero-order valence-electron chi connectivity index (χ0n) is 16.9. The molecular formula is C20H34N3OP. The van der Waals surface area contributed by atoms with E-state index in [1.54, 1.807) is 0 Å². The normalized spacial score (nSPS) is 22.6. The number of anilines is 2. The van der Waals surface area contributed by atoms with Gasteiger partial charge in [0.25, 0.3) is 0 Å². The van der Waals surface area contributed by atoms with Gasteiger partial charge in [0.05, 0.1) is 24.6 Å². The lowest BCUT2D eigenvalue weighted by atomic mass is 10.2. The summed E-state index contributed by atoms with van der Waals surface area (Å²) in [5, 5.41) is 0.465. The monoisotopic (exact) mass is 363 g/mol. The Morgan fingerprint density at radius 2 is 1.44 bits per heavy atom. The van der Waals surface area contributed by atoms with E-state index in [0.29, 0.717) is 0 Å². The molecule has 1 fully saturated rings. The maximum Gasteiger partial charge on any atom is 0.163 e. The van der Waals surface area contributed by atoms with Crippen molar-refractivity contribution in [2.24, 2.45) is 0 Å². The molecule has 0 bridgehead atoms. The fourth-order valence-electron chi connectivity index (χ4n) is 4.44. The first-order chi connectivity index (χ1) is 11.6. The van der Waals surface area contributed by atoms with Crippen LogP contribution in [0.5, 0.6) is 0 Å². The maximum atomic E-state index is 5.63. The Morgan fingerprint density at radius 1 is 0.920 bits per heavy atom. The highest BCUT2D eigenvalue weighted by Gasteiger charge is 2.48. The minimum Gasteiger partial charge on any atom is -0.379 e. The summed E-state index contributed by atoms with van der Waals surface area (Å²) in [6.07, 6.45) is 0.283. The Hall–Kier alpha value is -0.830. The Balaban J connectivity index is 2.10. The van der Waals surface area contributed by atoms with Crippen LogP contribution in [0.1, 0.15) is 41.5 Å². The summed E-state index contributed by atoms with van der Waals surface area (Å²) in [6.45, 7) is 18.1. The van der Waals surface area contributed by atoms with Gasteiger partial charge in [-0.2, -0.15) is 0 Å². The number of hydrogen-bond donors (Lipinski definition) is 0. The molecule has 0 saturated carbocycles. The number of ether oxygens (including phenoxy) is 1. The Labute approximate surface area is 154 Å². The number of benzene rings is 1. The average Bonchev–Trinajstić information content (AvgIpc) is 2.79. The Morgan fingerprint density at radius 3 is 1.96 bits per heavy atom. The van der Waals surface area contributed by atoms with Crippen LogP contribution in [0.15, 0.2) is 24.3 Å². The third-order valence-electron chi connectivity index (χ3n) is 4.93. The molecule has 0 aliphatic carbocycles. The molecule has 0 aromatic heterocycles. The molecule has 2 aliphatic rings. The molecule has 1 aromatic rings. The van der Waals surface area contributed by atoms with Crippen LogP contribution in [0.25, 0.3) is 0 Å². The molecule has 140 valence electrons. The highest BCUT2D eigenvalue weighted by atomic mass is 31.1. The standard InChI is InChI=1S/C20H34N3OP/c1-19(2,3)25(20(4,5)6)23-17-11-9-8-10-16(17)21(7)18(23)22-12-14-24-15-13-22/h8-11,18H,12-15H2,1-7H3. The molecule has 0 radical (unpaired) electrons. The highest BCUT2D eigenvalue weighted by Crippen LogP contribution is 2.66. The van der Waals surface area contributed by atoms with Crippen LogP contribution in [-0.2, 0) is 4.74 Å². The number of fused-ring (bicyclic) bond motifs is 1. The predicted molar refractivity (Wildman–Crippen MR) is 110 cm³/mol. The molecule has 25 heavy (non-hydrogen) atoms. The van der Waals surface area contributed by atoms with Crippen molar-refractivity contribution in [3.63, 3.8) is 0 Å². The second-order valence-electron chi connectivity index (χ2n) is 9.09. The average molecular weight is 363 g/mol. The van der Waals surface area contributed by atoms with Crippen molar-refractivity contribution >= 4 is 19.4 Å². The van der Waals surface area contributed by atoms with Gasteiger partial charge in [-0.25, -0.2) is 0 Å². The van der Waals surface area contributed by atoms with Crippen LogP contribution in [0.4, 0.5) is 11.4 Å². The SMILES string of the molecule is CN1c2ccccc2N(P(C(C)(C)C)C(C)(C)C)C1N1CCOCC1. The van der Waals surface area contributed by atoms with E-state index in [2.05, 4.69) is 87.3 Å². The van der Waals surface area contributed by atoms with E-state index in [4.69, 9.17) is 4.74 Å². The summed E-state index contributed by atoms with van der Waals surface area (Å²) in [7, 11) is 1.84. The molecule has 3 rings (SSSR count). The molecule has 0 N–H and O–H groups in total. The fourth-order valence-corrected chi connectivity index (χ4v) is 8.64. The summed E-state index contributed by atoms with van der Waals surface area (Å²) in [6, 6.07) is 8.91. The topological polar surface area (TPSA) is 19.0 Å². The minimum atomic E-state index is -0.412. The summed E-state index contributed by atoms with van der Waals surface area (Å²) in [5.41, 5.74) is 2.73. The Kier molecular flexibility index (Phi) is 5.09. The van der Waals surface area contributed by atoms with E-state index in [-0.39, 0.29) is 16.6 Å². The van der Waals surface area contributed by atoms with Gasteiger partial charge < -0.3 is 14.3 Å². The van der Waals surface area contributed by atoms with Crippen LogP contribution in [0, 0.1) is 0 Å². The molecule has 1 aromatic carbocycles. The van der Waals surface area contributed by atoms with Gasteiger partial charge in [-0.15, -0.1) is 0 Å². The Bertz CT molecular complexity index is 588. The van der Waals surface area contributed by atoms with Gasteiger partial charge in [0, 0.05) is 38.5 Å². The van der Waals surface area contributed by atoms with Crippen molar-refractivity contribution < 1.29 is 4.74 Å². The summed E-state index contributed by atoms with van der Waals surface area (Å²) in [4.78, 5) is 5.06. The molecular weight excluding hydrogens is 329 g/mol. The molecule has 0 amide bonds. The van der Waals surface area contributed by atoms with E-state index < -0.39 is 8.07 Å². The van der Waals surface area contributed by atoms with Gasteiger partial charge in [-0.3, -0.25) is 4.90 Å². The van der Waals surface area contributed by atoms with Crippen molar-refractivity contribution in [3.8, 4) is 0 Å². The molecule has 1 saturated heterocycles. The molecule has 0 spiro atoms. The first-order valence-corrected chi connectivity index (χ1v) is 10.6. The van der Waals surface area contributed by atoms with E-state index in [9.17, 15) is 0 Å². The fraction of sp³-hybridized carbons (Fsp3) is 0.700. The van der Waals surface area contributed by atoms with Crippen LogP contribution in [0.2, 0.25) is 0 Å². The van der Waals surface area contributed by atoms with Crippen molar-refractivity contribution in [1.29, 1.82) is 0 Å². The van der Waals surface area contributed by atoms with Crippen molar-refractivity contribution in [2.75, 3.05) is 42.9 Å². The highest BCUT2D eigenvalue weighted by molar-refractivity contribution is 7.62. The van der Waals surface area contributed by atoms with Crippen molar-refractivity contribution in [2.45, 2.75) is 58.1 Å². The lowest BCUT2D eigenvalue weighted by Gasteiger charge is -2.52. The van der Waals surface area contributed by atoms with Crippen LogP contribution in [0.3, 0.4) is 0 Å². The van der Waals surface area contributed by atoms with Crippen LogP contribution < -0.4 is 9.57 Å². The smallest absolute Gasteiger partial charge is 0.163 e. The minimum absolute atomic E-state index is 0.233. The van der Waals surface area contributed by atoms with Crippen LogP contribution in [-0.4, -0.2) is 54.9 Å². The van der Waals surface area contributed by atoms with Gasteiger partial charge in [0.2, 0.25) is 0 Å². The largest absolute Gasteiger partial charge is 0.379 e. The molecule has 2 heterocycles. The van der Waals surface area contributed by atoms with Gasteiger partial charge >= 0.3 is 0 Å². The molecule has 1 unspecified atom stereocenters. The third-order valence-corrected chi connectivity index (χ3v) is 8.33. The lowest BCUT2D eigenvalue weighted by molar-refractivity contribution is 0.0205. The van der Waals surface area contributed by atoms with Gasteiger partial charge in [0.1, 0.15) is 0 Å². The summed E-state index contributed by atoms with van der Waals surface area (Å²) in [5.74, 6) is 0. The zero-order chi connectivity index (χ0) is 18.4. The zero-order valence-corrected chi connectivity index (χ0v) is 17.8. The number of rotatable bonds is 2. The first kappa shape index (κ1) is 18.9. The quantitative estimate of drug-likeness (QED) is 0.718. The first-order valence-electron chi connectivity index (χ1n) is 9.35. The second kappa shape index (κ2) is 6.72. The molecule has 4 nitrogen and oxygen atoms in total. The molecule has 2 aliphatic heterocycles. The van der Waals surface area contributed by atoms with Crippen molar-refractivity contribution in [1.82, 2.24) is 4.90 Å². The number of nitrogens with zero attached hydrogens (tertiary/aromatic N) is 3. The third kappa shape index (κ3) is 3.54. The van der Waals surface area contributed by atoms with Gasteiger partial charge in [-0.05, 0) is 12.1 Å². The number of morpholine rings is 1. The number of hydrogen-bond acceptors (Lipinski definition) is 4. The maximum absolute atomic E-state index is 5.63. The second-order valence-corrected chi connectivity index (χ2v) is 12.8. The van der Waals surface area contributed by atoms with Crippen molar-refractivity contribution in [3.05, 3.63) is 24.3 Å². The van der Waals surface area contributed by atoms with E-state index >= 15 is 0 Å². The van der Waals surface area contributed by atoms with Gasteiger partial charge in [0.15, 0.2) is 6.29 Å². The van der Waals surface area contributed by atoms with E-state index in [1.807, 2.05) is 0 Å². The predicted octanol–water partition coefficient (Wildman–Crippen LogP) is 4.55.